The lowest BCUT2D eigenvalue weighted by molar-refractivity contribution is 0.124. The third-order valence-corrected chi connectivity index (χ3v) is 5.47. The topological polar surface area (TPSA) is 3.24 Å². The Morgan fingerprint density at radius 1 is 1.25 bits per heavy atom. The van der Waals surface area contributed by atoms with Crippen LogP contribution in [0.5, 0.6) is 0 Å². The molecule has 0 amide bonds. The number of benzene rings is 1. The molecule has 2 heterocycles. The van der Waals surface area contributed by atoms with Gasteiger partial charge in [-0.1, -0.05) is 42.8 Å². The average molecular weight is 290 g/mol. The molecule has 2 aliphatic heterocycles. The lowest BCUT2D eigenvalue weighted by Gasteiger charge is -2.42. The van der Waals surface area contributed by atoms with Crippen LogP contribution >= 0.6 is 11.6 Å². The molecule has 0 spiro atoms. The number of halogens is 1. The van der Waals surface area contributed by atoms with Crippen molar-refractivity contribution in [1.29, 1.82) is 0 Å². The van der Waals surface area contributed by atoms with E-state index in [4.69, 9.17) is 11.6 Å². The Hall–Kier alpha value is -0.790. The van der Waals surface area contributed by atoms with Gasteiger partial charge in [0.15, 0.2) is 0 Å². The Labute approximate surface area is 127 Å². The third kappa shape index (κ3) is 2.54. The fraction of sp³-hybridized carbons (Fsp3) is 0.556. The van der Waals surface area contributed by atoms with E-state index >= 15 is 0 Å². The fourth-order valence-electron chi connectivity index (χ4n) is 4.13. The number of nitrogens with zero attached hydrogens (tertiary/aromatic N) is 1. The number of rotatable bonds is 3. The first-order valence-electron chi connectivity index (χ1n) is 7.84. The molecular formula is C18H24ClN. The van der Waals surface area contributed by atoms with Gasteiger partial charge in [-0.25, -0.2) is 0 Å². The van der Waals surface area contributed by atoms with Gasteiger partial charge in [0.05, 0.1) is 0 Å². The maximum absolute atomic E-state index is 6.04. The van der Waals surface area contributed by atoms with Crippen molar-refractivity contribution < 1.29 is 0 Å². The molecule has 4 atom stereocenters. The van der Waals surface area contributed by atoms with Gasteiger partial charge in [-0.2, -0.15) is 0 Å². The summed E-state index contributed by atoms with van der Waals surface area (Å²) in [6.45, 7) is 2.22. The predicted molar refractivity (Wildman–Crippen MR) is 86.3 cm³/mol. The van der Waals surface area contributed by atoms with Crippen molar-refractivity contribution >= 4 is 11.6 Å². The molecule has 3 rings (SSSR count). The van der Waals surface area contributed by atoms with Gasteiger partial charge in [0.25, 0.3) is 0 Å². The molecule has 108 valence electrons. The van der Waals surface area contributed by atoms with Gasteiger partial charge in [0.2, 0.25) is 0 Å². The van der Waals surface area contributed by atoms with Crippen molar-refractivity contribution in [3.63, 3.8) is 0 Å². The van der Waals surface area contributed by atoms with Crippen molar-refractivity contribution in [2.45, 2.75) is 50.6 Å². The molecular weight excluding hydrogens is 266 g/mol. The number of allylic oxidation sites excluding steroid dienone is 1. The first-order chi connectivity index (χ1) is 9.70. The van der Waals surface area contributed by atoms with Crippen LogP contribution in [0.3, 0.4) is 0 Å². The summed E-state index contributed by atoms with van der Waals surface area (Å²) >= 11 is 6.04. The highest BCUT2D eigenvalue weighted by atomic mass is 35.5. The summed E-state index contributed by atoms with van der Waals surface area (Å²) < 4.78 is 0. The Kier molecular flexibility index (Phi) is 4.18. The monoisotopic (exact) mass is 289 g/mol. The molecule has 20 heavy (non-hydrogen) atoms. The molecule has 2 bridgehead atoms. The molecule has 0 N–H and O–H groups in total. The second kappa shape index (κ2) is 5.91. The van der Waals surface area contributed by atoms with Gasteiger partial charge in [0.1, 0.15) is 0 Å². The van der Waals surface area contributed by atoms with Crippen LogP contribution in [0.15, 0.2) is 36.4 Å². The van der Waals surface area contributed by atoms with E-state index in [1.165, 1.54) is 24.8 Å². The second-order valence-corrected chi connectivity index (χ2v) is 6.71. The minimum Gasteiger partial charge on any atom is -0.300 e. The van der Waals surface area contributed by atoms with Gasteiger partial charge in [-0.15, -0.1) is 0 Å². The number of hydrogen-bond acceptors (Lipinski definition) is 1. The minimum atomic E-state index is 0.653. The third-order valence-electron chi connectivity index (χ3n) is 5.22. The highest BCUT2D eigenvalue weighted by molar-refractivity contribution is 6.30. The van der Waals surface area contributed by atoms with Gasteiger partial charge in [-0.05, 0) is 62.3 Å². The molecule has 2 fully saturated rings. The van der Waals surface area contributed by atoms with Crippen LogP contribution in [0.25, 0.3) is 0 Å². The lowest BCUT2D eigenvalue weighted by atomic mass is 9.76. The zero-order chi connectivity index (χ0) is 14.1. The molecule has 1 aromatic rings. The van der Waals surface area contributed by atoms with Gasteiger partial charge >= 0.3 is 0 Å². The van der Waals surface area contributed by atoms with Crippen LogP contribution in [0.1, 0.15) is 44.1 Å². The highest BCUT2D eigenvalue weighted by Crippen LogP contribution is 2.46. The summed E-state index contributed by atoms with van der Waals surface area (Å²) in [6.07, 6.45) is 9.95. The van der Waals surface area contributed by atoms with E-state index in [0.29, 0.717) is 11.8 Å². The van der Waals surface area contributed by atoms with Crippen LogP contribution in [0.4, 0.5) is 0 Å². The van der Waals surface area contributed by atoms with Gasteiger partial charge in [0, 0.05) is 17.1 Å². The summed E-state index contributed by atoms with van der Waals surface area (Å²) in [6, 6.07) is 10.0. The number of fused-ring (bicyclic) bond motifs is 2. The van der Waals surface area contributed by atoms with E-state index in [-0.39, 0.29) is 0 Å². The lowest BCUT2D eigenvalue weighted by Crippen LogP contribution is -2.45. The van der Waals surface area contributed by atoms with Crippen LogP contribution in [-0.4, -0.2) is 24.0 Å². The number of piperidine rings is 1. The summed E-state index contributed by atoms with van der Waals surface area (Å²) in [4.78, 5) is 2.62. The molecule has 1 aromatic carbocycles. The van der Waals surface area contributed by atoms with Crippen molar-refractivity contribution in [1.82, 2.24) is 4.90 Å². The standard InChI is InChI=1S/C18H24ClN/c1-3-4-5-16-17(13-6-8-14(19)9-7-13)12-15-10-11-18(16)20(15)2/h4-9,15-18H,3,10-12H2,1-2H3/b5-4+/t15-,16-,17+,18+/m0/s1. The summed E-state index contributed by atoms with van der Waals surface area (Å²) in [7, 11) is 2.31. The molecule has 0 aromatic heterocycles. The Balaban J connectivity index is 1.91. The summed E-state index contributed by atoms with van der Waals surface area (Å²) in [5.74, 6) is 1.31. The van der Waals surface area contributed by atoms with Crippen LogP contribution in [0.2, 0.25) is 5.02 Å². The largest absolute Gasteiger partial charge is 0.300 e. The minimum absolute atomic E-state index is 0.653. The zero-order valence-electron chi connectivity index (χ0n) is 12.4. The van der Waals surface area contributed by atoms with Crippen LogP contribution in [0, 0.1) is 5.92 Å². The van der Waals surface area contributed by atoms with Gasteiger partial charge < -0.3 is 0 Å². The summed E-state index contributed by atoms with van der Waals surface area (Å²) in [5.41, 5.74) is 1.46. The second-order valence-electron chi connectivity index (χ2n) is 6.27. The van der Waals surface area contributed by atoms with Crippen LogP contribution in [-0.2, 0) is 0 Å². The van der Waals surface area contributed by atoms with E-state index in [1.807, 2.05) is 12.1 Å². The van der Waals surface area contributed by atoms with E-state index < -0.39 is 0 Å². The Morgan fingerprint density at radius 3 is 2.70 bits per heavy atom. The van der Waals surface area contributed by atoms with Crippen LogP contribution < -0.4 is 0 Å². The average Bonchev–Trinajstić information content (AvgIpc) is 2.71. The smallest absolute Gasteiger partial charge is 0.0406 e. The number of hydrogen-bond donors (Lipinski definition) is 0. The van der Waals surface area contributed by atoms with E-state index in [1.54, 1.807) is 0 Å². The first-order valence-corrected chi connectivity index (χ1v) is 8.22. The Morgan fingerprint density at radius 2 is 2.00 bits per heavy atom. The van der Waals surface area contributed by atoms with E-state index in [0.717, 1.165) is 23.5 Å². The quantitative estimate of drug-likeness (QED) is 0.717. The molecule has 1 nitrogen and oxygen atoms in total. The molecule has 0 aliphatic carbocycles. The zero-order valence-corrected chi connectivity index (χ0v) is 13.2. The fourth-order valence-corrected chi connectivity index (χ4v) is 4.26. The normalized spacial score (nSPS) is 34.0. The molecule has 2 heteroatoms. The molecule has 0 unspecified atom stereocenters. The Bertz CT molecular complexity index is 479. The summed E-state index contributed by atoms with van der Waals surface area (Å²) in [5, 5.41) is 0.838. The van der Waals surface area contributed by atoms with E-state index in [2.05, 4.69) is 43.2 Å². The van der Waals surface area contributed by atoms with E-state index in [9.17, 15) is 0 Å². The molecule has 0 saturated carbocycles. The molecule has 0 radical (unpaired) electrons. The van der Waals surface area contributed by atoms with Crippen molar-refractivity contribution in [3.8, 4) is 0 Å². The first kappa shape index (κ1) is 14.2. The van der Waals surface area contributed by atoms with Crippen molar-refractivity contribution in [2.75, 3.05) is 7.05 Å². The predicted octanol–water partition coefficient (Wildman–Crippen LogP) is 4.87. The van der Waals surface area contributed by atoms with Gasteiger partial charge in [-0.3, -0.25) is 4.90 Å². The van der Waals surface area contributed by atoms with Crippen molar-refractivity contribution in [3.05, 3.63) is 47.0 Å². The molecule has 2 saturated heterocycles. The maximum Gasteiger partial charge on any atom is 0.0406 e. The SMILES string of the molecule is CC/C=C/[C@H]1[C@@H](c2ccc(Cl)cc2)C[C@@H]2CC[C@H]1N2C. The highest BCUT2D eigenvalue weighted by Gasteiger charge is 2.44. The van der Waals surface area contributed by atoms with Crippen molar-refractivity contribution in [2.24, 2.45) is 5.92 Å². The maximum atomic E-state index is 6.04. The molecule has 2 aliphatic rings.